The predicted molar refractivity (Wildman–Crippen MR) is 98.3 cm³/mol. The molecule has 0 aliphatic rings. The molecule has 0 saturated carbocycles. The zero-order chi connectivity index (χ0) is 17.6. The summed E-state index contributed by atoms with van der Waals surface area (Å²) in [5.41, 5.74) is 2.34. The average molecular weight is 323 g/mol. The Balaban J connectivity index is 2.25. The summed E-state index contributed by atoms with van der Waals surface area (Å²) in [6.07, 6.45) is 1.53. The van der Waals surface area contributed by atoms with Crippen LogP contribution in [0.25, 0.3) is 5.70 Å². The van der Waals surface area contributed by atoms with Gasteiger partial charge in [-0.3, -0.25) is 0 Å². The lowest BCUT2D eigenvalue weighted by Gasteiger charge is -2.21. The summed E-state index contributed by atoms with van der Waals surface area (Å²) in [7, 11) is 0. The maximum absolute atomic E-state index is 12.2. The Hall–Kier alpha value is -2.55. The fraction of sp³-hybridized carbons (Fsp3) is 0.286. The van der Waals surface area contributed by atoms with Crippen molar-refractivity contribution in [1.82, 2.24) is 5.32 Å². The summed E-state index contributed by atoms with van der Waals surface area (Å²) in [5, 5.41) is 3.43. The maximum Gasteiger partial charge on any atom is 0.333 e. The van der Waals surface area contributed by atoms with Crippen LogP contribution in [0.3, 0.4) is 0 Å². The molecule has 0 aromatic heterocycles. The summed E-state index contributed by atoms with van der Waals surface area (Å²) in [6.45, 7) is 7.66. The number of hydrogen-bond donors (Lipinski definition) is 1. The zero-order valence-electron chi connectivity index (χ0n) is 14.7. The van der Waals surface area contributed by atoms with E-state index in [0.717, 1.165) is 16.8 Å². The van der Waals surface area contributed by atoms with Gasteiger partial charge in [-0.15, -0.1) is 0 Å². The van der Waals surface area contributed by atoms with Gasteiger partial charge in [-0.1, -0.05) is 60.7 Å². The standard InChI is InChI=1S/C21H25NO2/c1-16(17-11-7-5-8-12-17)22-19(18-13-9-6-10-14-18)15-20(23)24-21(2,3)4/h5-16,22H,1-4H3/b19-15-/t16-/m0/s1. The Morgan fingerprint density at radius 3 is 2.08 bits per heavy atom. The fourth-order valence-corrected chi connectivity index (χ4v) is 2.33. The van der Waals surface area contributed by atoms with Gasteiger partial charge in [-0.05, 0) is 38.8 Å². The fourth-order valence-electron chi connectivity index (χ4n) is 2.33. The van der Waals surface area contributed by atoms with E-state index >= 15 is 0 Å². The quantitative estimate of drug-likeness (QED) is 0.639. The second-order valence-corrected chi connectivity index (χ2v) is 6.73. The van der Waals surface area contributed by atoms with Crippen LogP contribution in [-0.4, -0.2) is 11.6 Å². The second-order valence-electron chi connectivity index (χ2n) is 6.73. The van der Waals surface area contributed by atoms with Gasteiger partial charge in [0.15, 0.2) is 0 Å². The van der Waals surface area contributed by atoms with Gasteiger partial charge in [0.2, 0.25) is 0 Å². The highest BCUT2D eigenvalue weighted by Gasteiger charge is 2.16. The van der Waals surface area contributed by atoms with Crippen molar-refractivity contribution in [3.05, 3.63) is 77.9 Å². The second kappa shape index (κ2) is 7.82. The first kappa shape index (κ1) is 17.8. The van der Waals surface area contributed by atoms with Gasteiger partial charge < -0.3 is 10.1 Å². The summed E-state index contributed by atoms with van der Waals surface area (Å²) in [4.78, 5) is 12.2. The van der Waals surface area contributed by atoms with Gasteiger partial charge in [-0.2, -0.15) is 0 Å². The van der Waals surface area contributed by atoms with Crippen LogP contribution in [0.4, 0.5) is 0 Å². The average Bonchev–Trinajstić information content (AvgIpc) is 2.54. The molecule has 0 amide bonds. The van der Waals surface area contributed by atoms with E-state index in [9.17, 15) is 4.79 Å². The highest BCUT2D eigenvalue weighted by molar-refractivity contribution is 5.91. The molecule has 24 heavy (non-hydrogen) atoms. The molecule has 0 unspecified atom stereocenters. The van der Waals surface area contributed by atoms with Gasteiger partial charge in [0, 0.05) is 17.8 Å². The molecule has 1 atom stereocenters. The van der Waals surface area contributed by atoms with E-state index in [1.165, 1.54) is 6.08 Å². The van der Waals surface area contributed by atoms with E-state index in [1.54, 1.807) is 0 Å². The van der Waals surface area contributed by atoms with E-state index in [1.807, 2.05) is 69.3 Å². The smallest absolute Gasteiger partial charge is 0.333 e. The van der Waals surface area contributed by atoms with Crippen molar-refractivity contribution in [3.8, 4) is 0 Å². The third-order valence-electron chi connectivity index (χ3n) is 3.43. The molecule has 2 aromatic carbocycles. The van der Waals surface area contributed by atoms with E-state index in [4.69, 9.17) is 4.74 Å². The molecular weight excluding hydrogens is 298 g/mol. The first-order chi connectivity index (χ1) is 11.3. The highest BCUT2D eigenvalue weighted by atomic mass is 16.6. The Bertz CT molecular complexity index is 685. The Kier molecular flexibility index (Phi) is 5.80. The van der Waals surface area contributed by atoms with Crippen LogP contribution in [0.15, 0.2) is 66.7 Å². The summed E-state index contributed by atoms with van der Waals surface area (Å²) >= 11 is 0. The van der Waals surface area contributed by atoms with Crippen molar-refractivity contribution in [3.63, 3.8) is 0 Å². The molecule has 2 aromatic rings. The molecule has 3 nitrogen and oxygen atoms in total. The molecule has 126 valence electrons. The minimum absolute atomic E-state index is 0.0695. The lowest BCUT2D eigenvalue weighted by molar-refractivity contribution is -0.148. The number of rotatable bonds is 5. The van der Waals surface area contributed by atoms with Crippen LogP contribution in [-0.2, 0) is 9.53 Å². The summed E-state index contributed by atoms with van der Waals surface area (Å²) in [5.74, 6) is -0.353. The van der Waals surface area contributed by atoms with Gasteiger partial charge in [0.25, 0.3) is 0 Å². The molecule has 0 aliphatic carbocycles. The van der Waals surface area contributed by atoms with E-state index in [-0.39, 0.29) is 12.0 Å². The van der Waals surface area contributed by atoms with Crippen molar-refractivity contribution in [1.29, 1.82) is 0 Å². The third kappa shape index (κ3) is 5.58. The Morgan fingerprint density at radius 1 is 1.00 bits per heavy atom. The molecule has 0 aliphatic heterocycles. The number of nitrogens with one attached hydrogen (secondary N) is 1. The largest absolute Gasteiger partial charge is 0.457 e. The van der Waals surface area contributed by atoms with Gasteiger partial charge in [0.1, 0.15) is 5.60 Å². The molecule has 0 spiro atoms. The van der Waals surface area contributed by atoms with Gasteiger partial charge >= 0.3 is 5.97 Å². The Morgan fingerprint density at radius 2 is 1.54 bits per heavy atom. The number of esters is 1. The first-order valence-electron chi connectivity index (χ1n) is 8.17. The van der Waals surface area contributed by atoms with Crippen molar-refractivity contribution in [2.45, 2.75) is 39.3 Å². The van der Waals surface area contributed by atoms with Crippen LogP contribution >= 0.6 is 0 Å². The molecule has 0 bridgehead atoms. The number of ether oxygens (including phenoxy) is 1. The summed E-state index contributed by atoms with van der Waals surface area (Å²) in [6, 6.07) is 20.0. The van der Waals surface area contributed by atoms with E-state index in [0.29, 0.717) is 0 Å². The van der Waals surface area contributed by atoms with Crippen molar-refractivity contribution >= 4 is 11.7 Å². The van der Waals surface area contributed by atoms with Crippen LogP contribution in [0.1, 0.15) is 44.9 Å². The monoisotopic (exact) mass is 323 g/mol. The van der Waals surface area contributed by atoms with Crippen molar-refractivity contribution < 1.29 is 9.53 Å². The van der Waals surface area contributed by atoms with Crippen LogP contribution in [0.5, 0.6) is 0 Å². The van der Waals surface area contributed by atoms with Crippen molar-refractivity contribution in [2.75, 3.05) is 0 Å². The van der Waals surface area contributed by atoms with Crippen LogP contribution in [0, 0.1) is 0 Å². The Labute approximate surface area is 144 Å². The lowest BCUT2D eigenvalue weighted by atomic mass is 10.1. The van der Waals surface area contributed by atoms with E-state index < -0.39 is 5.60 Å². The summed E-state index contributed by atoms with van der Waals surface area (Å²) < 4.78 is 5.42. The highest BCUT2D eigenvalue weighted by Crippen LogP contribution is 2.19. The van der Waals surface area contributed by atoms with Crippen molar-refractivity contribution in [2.24, 2.45) is 0 Å². The molecule has 0 radical (unpaired) electrons. The third-order valence-corrected chi connectivity index (χ3v) is 3.43. The zero-order valence-corrected chi connectivity index (χ0v) is 14.7. The van der Waals surface area contributed by atoms with Crippen LogP contribution in [0.2, 0.25) is 0 Å². The molecule has 0 saturated heterocycles. The number of carbonyl (C=O) groups excluding carboxylic acids is 1. The minimum atomic E-state index is -0.513. The molecule has 1 N–H and O–H groups in total. The normalized spacial score (nSPS) is 13.2. The number of carbonyl (C=O) groups is 1. The first-order valence-corrected chi connectivity index (χ1v) is 8.17. The molecule has 0 fully saturated rings. The maximum atomic E-state index is 12.2. The SMILES string of the molecule is C[C@H](N/C(=C\C(=O)OC(C)(C)C)c1ccccc1)c1ccccc1. The van der Waals surface area contributed by atoms with Crippen LogP contribution < -0.4 is 5.32 Å². The lowest BCUT2D eigenvalue weighted by Crippen LogP contribution is -2.24. The number of benzene rings is 2. The molecule has 3 heteroatoms. The number of hydrogen-bond acceptors (Lipinski definition) is 3. The molecule has 2 rings (SSSR count). The van der Waals surface area contributed by atoms with Gasteiger partial charge in [0.05, 0.1) is 0 Å². The topological polar surface area (TPSA) is 38.3 Å². The molecular formula is C21H25NO2. The minimum Gasteiger partial charge on any atom is -0.457 e. The van der Waals surface area contributed by atoms with Gasteiger partial charge in [-0.25, -0.2) is 4.79 Å². The predicted octanol–water partition coefficient (Wildman–Crippen LogP) is 4.72. The molecule has 0 heterocycles. The van der Waals surface area contributed by atoms with E-state index in [2.05, 4.69) is 24.4 Å².